The molecule has 1 aromatic rings. The third-order valence-electron chi connectivity index (χ3n) is 3.54. The van der Waals surface area contributed by atoms with Crippen LogP contribution in [0.4, 0.5) is 0 Å². The number of likely N-dealkylation sites (tertiary alicyclic amines) is 1. The van der Waals surface area contributed by atoms with E-state index in [0.717, 1.165) is 41.8 Å². The first-order valence-corrected chi connectivity index (χ1v) is 7.36. The fourth-order valence-electron chi connectivity index (χ4n) is 2.38. The van der Waals surface area contributed by atoms with Gasteiger partial charge >= 0.3 is 0 Å². The molecule has 1 aromatic heterocycles. The van der Waals surface area contributed by atoms with Gasteiger partial charge in [-0.25, -0.2) is 0 Å². The molecule has 1 aliphatic rings. The van der Waals surface area contributed by atoms with Crippen LogP contribution in [0.2, 0.25) is 0 Å². The van der Waals surface area contributed by atoms with Crippen LogP contribution in [0.15, 0.2) is 4.47 Å². The summed E-state index contributed by atoms with van der Waals surface area (Å²) < 4.78 is 2.80. The normalized spacial score (nSPS) is 16.7. The molecule has 1 aliphatic heterocycles. The molecule has 2 heterocycles. The molecule has 1 amide bonds. The van der Waals surface area contributed by atoms with Crippen LogP contribution in [0.3, 0.4) is 0 Å². The van der Waals surface area contributed by atoms with Gasteiger partial charge in [0, 0.05) is 13.1 Å². The van der Waals surface area contributed by atoms with E-state index >= 15 is 0 Å². The molecule has 0 saturated carbocycles. The standard InChI is InChI=1S/C13H20BrN3O/c1-10-13(14)11(2)17(15-10)9-12(18)16-7-5-3-4-6-8-16/h3-9H2,1-2H3. The number of aryl methyl sites for hydroxylation is 1. The van der Waals surface area contributed by atoms with Gasteiger partial charge in [-0.1, -0.05) is 12.8 Å². The van der Waals surface area contributed by atoms with Crippen molar-refractivity contribution >= 4 is 21.8 Å². The Bertz CT molecular complexity index is 434. The van der Waals surface area contributed by atoms with Crippen molar-refractivity contribution in [1.82, 2.24) is 14.7 Å². The third kappa shape index (κ3) is 2.94. The van der Waals surface area contributed by atoms with Crippen LogP contribution in [0.25, 0.3) is 0 Å². The van der Waals surface area contributed by atoms with Crippen LogP contribution in [0, 0.1) is 13.8 Å². The number of halogens is 1. The average Bonchev–Trinajstić information content (AvgIpc) is 2.59. The first-order valence-electron chi connectivity index (χ1n) is 6.57. The van der Waals surface area contributed by atoms with Gasteiger partial charge in [0.05, 0.1) is 15.9 Å². The summed E-state index contributed by atoms with van der Waals surface area (Å²) in [5, 5.41) is 4.39. The Morgan fingerprint density at radius 1 is 1.22 bits per heavy atom. The maximum Gasteiger partial charge on any atom is 0.244 e. The highest BCUT2D eigenvalue weighted by molar-refractivity contribution is 9.10. The maximum atomic E-state index is 12.2. The number of carbonyl (C=O) groups excluding carboxylic acids is 1. The molecule has 0 spiro atoms. The summed E-state index contributed by atoms with van der Waals surface area (Å²) in [6, 6.07) is 0. The third-order valence-corrected chi connectivity index (χ3v) is 4.68. The highest BCUT2D eigenvalue weighted by Gasteiger charge is 2.18. The van der Waals surface area contributed by atoms with Gasteiger partial charge in [-0.05, 0) is 42.6 Å². The molecule has 0 aliphatic carbocycles. The van der Waals surface area contributed by atoms with Crippen molar-refractivity contribution < 1.29 is 4.79 Å². The van der Waals surface area contributed by atoms with E-state index in [2.05, 4.69) is 21.0 Å². The lowest BCUT2D eigenvalue weighted by molar-refractivity contribution is -0.132. The zero-order valence-electron chi connectivity index (χ0n) is 11.1. The van der Waals surface area contributed by atoms with Gasteiger partial charge in [0.15, 0.2) is 0 Å². The van der Waals surface area contributed by atoms with Gasteiger partial charge in [-0.3, -0.25) is 9.48 Å². The monoisotopic (exact) mass is 313 g/mol. The van der Waals surface area contributed by atoms with Crippen LogP contribution in [0.1, 0.15) is 37.1 Å². The quantitative estimate of drug-likeness (QED) is 0.842. The maximum absolute atomic E-state index is 12.2. The predicted molar refractivity (Wildman–Crippen MR) is 74.4 cm³/mol. The SMILES string of the molecule is Cc1nn(CC(=O)N2CCCCCC2)c(C)c1Br. The summed E-state index contributed by atoms with van der Waals surface area (Å²) in [6.45, 7) is 6.10. The van der Waals surface area contributed by atoms with Crippen LogP contribution in [-0.4, -0.2) is 33.7 Å². The Balaban J connectivity index is 2.03. The fraction of sp³-hybridized carbons (Fsp3) is 0.692. The summed E-state index contributed by atoms with van der Waals surface area (Å²) in [5.41, 5.74) is 1.96. The molecular formula is C13H20BrN3O. The first-order chi connectivity index (χ1) is 8.59. The largest absolute Gasteiger partial charge is 0.341 e. The number of hydrogen-bond donors (Lipinski definition) is 0. The number of carbonyl (C=O) groups is 1. The molecule has 0 N–H and O–H groups in total. The molecule has 1 saturated heterocycles. The van der Waals surface area contributed by atoms with E-state index in [0.29, 0.717) is 6.54 Å². The van der Waals surface area contributed by atoms with Gasteiger partial charge in [0.25, 0.3) is 0 Å². The Morgan fingerprint density at radius 2 is 1.83 bits per heavy atom. The second-order valence-electron chi connectivity index (χ2n) is 4.94. The second kappa shape index (κ2) is 5.87. The van der Waals surface area contributed by atoms with Crippen molar-refractivity contribution in [3.8, 4) is 0 Å². The van der Waals surface area contributed by atoms with E-state index in [1.54, 1.807) is 4.68 Å². The Hall–Kier alpha value is -0.840. The second-order valence-corrected chi connectivity index (χ2v) is 5.73. The van der Waals surface area contributed by atoms with Crippen LogP contribution in [-0.2, 0) is 11.3 Å². The zero-order chi connectivity index (χ0) is 13.1. The molecule has 2 rings (SSSR count). The Morgan fingerprint density at radius 3 is 2.33 bits per heavy atom. The molecule has 0 unspecified atom stereocenters. The van der Waals surface area contributed by atoms with Crippen molar-refractivity contribution in [3.63, 3.8) is 0 Å². The highest BCUT2D eigenvalue weighted by Crippen LogP contribution is 2.20. The molecule has 0 aromatic carbocycles. The molecule has 18 heavy (non-hydrogen) atoms. The Labute approximate surface area is 116 Å². The molecule has 5 heteroatoms. The molecule has 0 radical (unpaired) electrons. The minimum absolute atomic E-state index is 0.190. The minimum atomic E-state index is 0.190. The van der Waals surface area contributed by atoms with E-state index in [4.69, 9.17) is 0 Å². The number of hydrogen-bond acceptors (Lipinski definition) is 2. The summed E-state index contributed by atoms with van der Waals surface area (Å²) in [7, 11) is 0. The lowest BCUT2D eigenvalue weighted by Gasteiger charge is -2.20. The summed E-state index contributed by atoms with van der Waals surface area (Å²) in [5.74, 6) is 0.190. The number of nitrogens with zero attached hydrogens (tertiary/aromatic N) is 3. The molecule has 4 nitrogen and oxygen atoms in total. The molecule has 100 valence electrons. The van der Waals surface area contributed by atoms with Crippen molar-refractivity contribution in [3.05, 3.63) is 15.9 Å². The van der Waals surface area contributed by atoms with Crippen molar-refractivity contribution in [2.24, 2.45) is 0 Å². The zero-order valence-corrected chi connectivity index (χ0v) is 12.7. The van der Waals surface area contributed by atoms with Crippen molar-refractivity contribution in [2.75, 3.05) is 13.1 Å². The van der Waals surface area contributed by atoms with Crippen LogP contribution < -0.4 is 0 Å². The first kappa shape index (κ1) is 13.6. The smallest absolute Gasteiger partial charge is 0.244 e. The number of rotatable bonds is 2. The molecule has 0 atom stereocenters. The highest BCUT2D eigenvalue weighted by atomic mass is 79.9. The minimum Gasteiger partial charge on any atom is -0.341 e. The van der Waals surface area contributed by atoms with E-state index in [-0.39, 0.29) is 5.91 Å². The van der Waals surface area contributed by atoms with Gasteiger partial charge in [0.2, 0.25) is 5.91 Å². The summed E-state index contributed by atoms with van der Waals surface area (Å²) in [4.78, 5) is 14.2. The van der Waals surface area contributed by atoms with Crippen molar-refractivity contribution in [2.45, 2.75) is 46.1 Å². The lowest BCUT2D eigenvalue weighted by Crippen LogP contribution is -2.35. The molecular weight excluding hydrogens is 294 g/mol. The fourth-order valence-corrected chi connectivity index (χ4v) is 2.66. The van der Waals surface area contributed by atoms with E-state index in [1.807, 2.05) is 18.7 Å². The Kier molecular flexibility index (Phi) is 4.43. The number of aromatic nitrogens is 2. The topological polar surface area (TPSA) is 38.1 Å². The molecule has 1 fully saturated rings. The summed E-state index contributed by atoms with van der Waals surface area (Å²) in [6.07, 6.45) is 4.75. The molecule has 0 bridgehead atoms. The van der Waals surface area contributed by atoms with E-state index in [9.17, 15) is 4.79 Å². The van der Waals surface area contributed by atoms with Gasteiger partial charge in [0.1, 0.15) is 6.54 Å². The predicted octanol–water partition coefficient (Wildman–Crippen LogP) is 2.67. The number of amides is 1. The van der Waals surface area contributed by atoms with E-state index < -0.39 is 0 Å². The van der Waals surface area contributed by atoms with Gasteiger partial charge < -0.3 is 4.90 Å². The summed E-state index contributed by atoms with van der Waals surface area (Å²) >= 11 is 3.49. The van der Waals surface area contributed by atoms with Crippen LogP contribution >= 0.6 is 15.9 Å². The van der Waals surface area contributed by atoms with Gasteiger partial charge in [-0.2, -0.15) is 5.10 Å². The van der Waals surface area contributed by atoms with Crippen LogP contribution in [0.5, 0.6) is 0 Å². The lowest BCUT2D eigenvalue weighted by atomic mass is 10.2. The van der Waals surface area contributed by atoms with E-state index in [1.165, 1.54) is 12.8 Å². The van der Waals surface area contributed by atoms with Crippen molar-refractivity contribution in [1.29, 1.82) is 0 Å². The average molecular weight is 314 g/mol. The van der Waals surface area contributed by atoms with Gasteiger partial charge in [-0.15, -0.1) is 0 Å².